The summed E-state index contributed by atoms with van der Waals surface area (Å²) in [7, 11) is 0. The quantitative estimate of drug-likeness (QED) is 0.838. The number of fused-ring (bicyclic) bond motifs is 1. The van der Waals surface area contributed by atoms with Crippen molar-refractivity contribution in [3.63, 3.8) is 0 Å². The van der Waals surface area contributed by atoms with E-state index in [9.17, 15) is 0 Å². The maximum Gasteiger partial charge on any atom is 0.129 e. The standard InChI is InChI=1S/C20H23Cl2N3O/c1-13-11-23-8-9-25(13)19-7-3-14-2-6-18(20(14)24-19)26-12-15-10-16(21)4-5-17(15)22/h3-5,7,10,13,18,23H,2,6,8-9,11-12H2,1H3/t13-,18+/m1/s1. The number of pyridine rings is 1. The fourth-order valence-electron chi connectivity index (χ4n) is 3.75. The Labute approximate surface area is 164 Å². The van der Waals surface area contributed by atoms with Crippen LogP contribution >= 0.6 is 23.2 Å². The minimum atomic E-state index is 0.0122. The number of hydrogen-bond acceptors (Lipinski definition) is 4. The third-order valence-corrected chi connectivity index (χ3v) is 5.83. The minimum Gasteiger partial charge on any atom is -0.367 e. The summed E-state index contributed by atoms with van der Waals surface area (Å²) in [5.41, 5.74) is 3.28. The molecule has 0 saturated carbocycles. The third kappa shape index (κ3) is 3.70. The van der Waals surface area contributed by atoms with Gasteiger partial charge in [-0.2, -0.15) is 0 Å². The van der Waals surface area contributed by atoms with Gasteiger partial charge in [-0.05, 0) is 55.2 Å². The molecule has 0 unspecified atom stereocenters. The normalized spacial score (nSPS) is 22.5. The first-order chi connectivity index (χ1) is 12.6. The zero-order valence-electron chi connectivity index (χ0n) is 14.8. The van der Waals surface area contributed by atoms with Crippen LogP contribution in [0.15, 0.2) is 30.3 Å². The number of nitrogens with one attached hydrogen (secondary N) is 1. The van der Waals surface area contributed by atoms with E-state index in [0.29, 0.717) is 22.7 Å². The molecular weight excluding hydrogens is 369 g/mol. The summed E-state index contributed by atoms with van der Waals surface area (Å²) in [5.74, 6) is 1.05. The van der Waals surface area contributed by atoms with Crippen LogP contribution in [0.5, 0.6) is 0 Å². The van der Waals surface area contributed by atoms with E-state index in [1.165, 1.54) is 5.56 Å². The van der Waals surface area contributed by atoms with Gasteiger partial charge in [0.05, 0.1) is 12.3 Å². The summed E-state index contributed by atoms with van der Waals surface area (Å²) in [6, 6.07) is 10.3. The molecule has 2 aliphatic rings. The molecule has 0 amide bonds. The average Bonchev–Trinajstić information content (AvgIpc) is 3.05. The van der Waals surface area contributed by atoms with Crippen molar-refractivity contribution >= 4 is 29.0 Å². The topological polar surface area (TPSA) is 37.4 Å². The van der Waals surface area contributed by atoms with Gasteiger partial charge in [-0.1, -0.05) is 29.3 Å². The maximum atomic E-state index is 6.26. The van der Waals surface area contributed by atoms with Crippen LogP contribution in [0.4, 0.5) is 5.82 Å². The summed E-state index contributed by atoms with van der Waals surface area (Å²) in [5, 5.41) is 4.78. The predicted octanol–water partition coefficient (Wildman–Crippen LogP) is 4.39. The van der Waals surface area contributed by atoms with Crippen molar-refractivity contribution in [2.24, 2.45) is 0 Å². The summed E-state index contributed by atoms with van der Waals surface area (Å²) >= 11 is 12.3. The molecule has 4 nitrogen and oxygen atoms in total. The number of rotatable bonds is 4. The number of ether oxygens (including phenoxy) is 1. The molecule has 0 bridgehead atoms. The lowest BCUT2D eigenvalue weighted by Gasteiger charge is -2.35. The van der Waals surface area contributed by atoms with Crippen molar-refractivity contribution in [2.75, 3.05) is 24.5 Å². The van der Waals surface area contributed by atoms with Crippen LogP contribution in [0.1, 0.15) is 36.3 Å². The molecule has 26 heavy (non-hydrogen) atoms. The number of aromatic nitrogens is 1. The summed E-state index contributed by atoms with van der Waals surface area (Å²) in [6.07, 6.45) is 1.98. The zero-order valence-corrected chi connectivity index (χ0v) is 16.4. The van der Waals surface area contributed by atoms with Gasteiger partial charge < -0.3 is 15.0 Å². The van der Waals surface area contributed by atoms with Crippen LogP contribution in [0.3, 0.4) is 0 Å². The first-order valence-corrected chi connectivity index (χ1v) is 9.90. The van der Waals surface area contributed by atoms with Gasteiger partial charge in [0.15, 0.2) is 0 Å². The van der Waals surface area contributed by atoms with E-state index in [-0.39, 0.29) is 6.10 Å². The fourth-order valence-corrected chi connectivity index (χ4v) is 4.12. The number of aryl methyl sites for hydroxylation is 1. The van der Waals surface area contributed by atoms with Gasteiger partial charge in [-0.25, -0.2) is 4.98 Å². The van der Waals surface area contributed by atoms with Crippen molar-refractivity contribution in [1.29, 1.82) is 0 Å². The lowest BCUT2D eigenvalue weighted by atomic mass is 10.2. The van der Waals surface area contributed by atoms with Crippen molar-refractivity contribution in [3.05, 3.63) is 57.2 Å². The van der Waals surface area contributed by atoms with Crippen LogP contribution in [-0.4, -0.2) is 30.7 Å². The highest BCUT2D eigenvalue weighted by molar-refractivity contribution is 6.33. The number of halogens is 2. The first-order valence-electron chi connectivity index (χ1n) is 9.14. The maximum absolute atomic E-state index is 6.26. The first kappa shape index (κ1) is 18.1. The van der Waals surface area contributed by atoms with Crippen molar-refractivity contribution in [3.8, 4) is 0 Å². The molecule has 1 aromatic heterocycles. The highest BCUT2D eigenvalue weighted by Gasteiger charge is 2.27. The van der Waals surface area contributed by atoms with E-state index in [4.69, 9.17) is 32.9 Å². The van der Waals surface area contributed by atoms with Crippen LogP contribution in [0, 0.1) is 0 Å². The average molecular weight is 392 g/mol. The molecule has 1 N–H and O–H groups in total. The van der Waals surface area contributed by atoms with E-state index >= 15 is 0 Å². The Kier molecular flexibility index (Phi) is 5.37. The van der Waals surface area contributed by atoms with E-state index in [0.717, 1.165) is 49.6 Å². The largest absolute Gasteiger partial charge is 0.367 e. The SMILES string of the molecule is C[C@@H]1CNCCN1c1ccc2c(n1)[C@@H](OCc1cc(Cl)ccc1Cl)CC2. The van der Waals surface area contributed by atoms with Gasteiger partial charge in [0.2, 0.25) is 0 Å². The number of anilines is 1. The second-order valence-corrected chi connectivity index (χ2v) is 7.88. The molecule has 2 aromatic rings. The predicted molar refractivity (Wildman–Crippen MR) is 106 cm³/mol. The number of nitrogens with zero attached hydrogens (tertiary/aromatic N) is 2. The molecule has 0 spiro atoms. The van der Waals surface area contributed by atoms with Crippen LogP contribution in [0.25, 0.3) is 0 Å². The molecule has 2 heterocycles. The number of benzene rings is 1. The molecule has 1 saturated heterocycles. The van der Waals surface area contributed by atoms with Crippen molar-refractivity contribution in [2.45, 2.75) is 38.5 Å². The fraction of sp³-hybridized carbons (Fsp3) is 0.450. The number of hydrogen-bond donors (Lipinski definition) is 1. The molecule has 1 aliphatic heterocycles. The third-order valence-electron chi connectivity index (χ3n) is 5.22. The molecular formula is C20H23Cl2N3O. The lowest BCUT2D eigenvalue weighted by molar-refractivity contribution is 0.0386. The van der Waals surface area contributed by atoms with E-state index in [1.807, 2.05) is 12.1 Å². The summed E-state index contributed by atoms with van der Waals surface area (Å²) < 4.78 is 6.18. The molecule has 6 heteroatoms. The van der Waals surface area contributed by atoms with E-state index in [1.54, 1.807) is 6.07 Å². The van der Waals surface area contributed by atoms with Crippen molar-refractivity contribution < 1.29 is 4.74 Å². The van der Waals surface area contributed by atoms with Gasteiger partial charge in [-0.15, -0.1) is 0 Å². The molecule has 2 atom stereocenters. The van der Waals surface area contributed by atoms with Gasteiger partial charge in [0.25, 0.3) is 0 Å². The highest BCUT2D eigenvalue weighted by Crippen LogP contribution is 2.35. The van der Waals surface area contributed by atoms with Gasteiger partial charge >= 0.3 is 0 Å². The Bertz CT molecular complexity index is 799. The molecule has 1 aliphatic carbocycles. The Morgan fingerprint density at radius 2 is 2.15 bits per heavy atom. The molecule has 1 fully saturated rings. The number of piperazine rings is 1. The molecule has 4 rings (SSSR count). The Morgan fingerprint density at radius 1 is 1.27 bits per heavy atom. The summed E-state index contributed by atoms with van der Waals surface area (Å²) in [4.78, 5) is 7.35. The van der Waals surface area contributed by atoms with Crippen LogP contribution in [-0.2, 0) is 17.8 Å². The van der Waals surface area contributed by atoms with Gasteiger partial charge in [0, 0.05) is 35.7 Å². The van der Waals surface area contributed by atoms with E-state index in [2.05, 4.69) is 29.3 Å². The Balaban J connectivity index is 1.51. The monoisotopic (exact) mass is 391 g/mol. The lowest BCUT2D eigenvalue weighted by Crippen LogP contribution is -2.50. The second-order valence-electron chi connectivity index (χ2n) is 7.03. The summed E-state index contributed by atoms with van der Waals surface area (Å²) in [6.45, 7) is 5.65. The molecule has 0 radical (unpaired) electrons. The van der Waals surface area contributed by atoms with Crippen molar-refractivity contribution in [1.82, 2.24) is 10.3 Å². The highest BCUT2D eigenvalue weighted by atomic mass is 35.5. The van der Waals surface area contributed by atoms with E-state index < -0.39 is 0 Å². The second kappa shape index (κ2) is 7.73. The van der Waals surface area contributed by atoms with Gasteiger partial charge in [0.1, 0.15) is 11.9 Å². The molecule has 138 valence electrons. The molecule has 1 aromatic carbocycles. The smallest absolute Gasteiger partial charge is 0.129 e. The Hall–Kier alpha value is -1.33. The van der Waals surface area contributed by atoms with Crippen LogP contribution < -0.4 is 10.2 Å². The zero-order chi connectivity index (χ0) is 18.1. The van der Waals surface area contributed by atoms with Crippen LogP contribution in [0.2, 0.25) is 10.0 Å². The van der Waals surface area contributed by atoms with Gasteiger partial charge in [-0.3, -0.25) is 0 Å². The Morgan fingerprint density at radius 3 is 3.00 bits per heavy atom. The minimum absolute atomic E-state index is 0.0122.